The van der Waals surface area contributed by atoms with Gasteiger partial charge in [0.05, 0.1) is 10.6 Å². The maximum absolute atomic E-state index is 15.5. The van der Waals surface area contributed by atoms with E-state index in [4.69, 9.17) is 0 Å². The second kappa shape index (κ2) is 17.9. The molecule has 9 rings (SSSR count). The van der Waals surface area contributed by atoms with E-state index in [2.05, 4.69) is 20.4 Å². The van der Waals surface area contributed by atoms with E-state index in [0.717, 1.165) is 23.4 Å². The van der Waals surface area contributed by atoms with Crippen molar-refractivity contribution in [1.82, 2.24) is 24.7 Å². The molecule has 4 aromatic rings. The number of sulfonamides is 1. The minimum Gasteiger partial charge on any atom is -0.380 e. The van der Waals surface area contributed by atoms with Crippen molar-refractivity contribution < 1.29 is 53.6 Å². The SMILES string of the molecule is O=C1CCC(N2Cc3cc(CN4CC5CC(C4)N5CC[C@H](CSc4ccccc4)Nc4ccc(S(=O)(=O)NC(=O)c5ccccc5)cc4S(=O)(=O)C(F)(F)F)c(F)cc3C2=O)C(=O)N1. The number of anilines is 1. The van der Waals surface area contributed by atoms with Crippen molar-refractivity contribution in [3.8, 4) is 0 Å². The van der Waals surface area contributed by atoms with E-state index in [1.54, 1.807) is 16.9 Å². The van der Waals surface area contributed by atoms with Gasteiger partial charge in [0, 0.05) is 84.6 Å². The first-order chi connectivity index (χ1) is 30.4. The number of hydrogen-bond acceptors (Lipinski definition) is 12. The molecule has 0 aromatic heterocycles. The van der Waals surface area contributed by atoms with Gasteiger partial charge in [-0.05, 0) is 79.4 Å². The zero-order chi connectivity index (χ0) is 45.6. The third kappa shape index (κ3) is 9.40. The lowest BCUT2D eigenvalue weighted by Gasteiger charge is -2.57. The number of hydrogen-bond donors (Lipinski definition) is 3. The molecule has 338 valence electrons. The molecule has 0 spiro atoms. The summed E-state index contributed by atoms with van der Waals surface area (Å²) in [6.07, 6.45) is 1.50. The minimum absolute atomic E-state index is 0.0429. The zero-order valence-electron chi connectivity index (χ0n) is 33.9. The fraction of sp³-hybridized carbons (Fsp3) is 0.349. The molecule has 21 heteroatoms. The maximum Gasteiger partial charge on any atom is 0.501 e. The van der Waals surface area contributed by atoms with Gasteiger partial charge in [0.25, 0.3) is 31.7 Å². The number of sulfone groups is 1. The van der Waals surface area contributed by atoms with E-state index in [-0.39, 0.29) is 49.1 Å². The lowest BCUT2D eigenvalue weighted by atomic mass is 9.86. The second-order valence-electron chi connectivity index (χ2n) is 16.1. The third-order valence-corrected chi connectivity index (χ3v) is 15.9. The van der Waals surface area contributed by atoms with Gasteiger partial charge in [-0.1, -0.05) is 36.4 Å². The van der Waals surface area contributed by atoms with Gasteiger partial charge < -0.3 is 10.2 Å². The number of rotatable bonds is 15. The van der Waals surface area contributed by atoms with Crippen molar-refractivity contribution >= 4 is 60.9 Å². The number of halogens is 4. The van der Waals surface area contributed by atoms with E-state index < -0.39 is 82.4 Å². The second-order valence-corrected chi connectivity index (χ2v) is 20.8. The first-order valence-electron chi connectivity index (χ1n) is 20.3. The van der Waals surface area contributed by atoms with Gasteiger partial charge in [-0.2, -0.15) is 13.2 Å². The molecule has 4 atom stereocenters. The number of piperidine rings is 2. The highest BCUT2D eigenvalue weighted by Crippen LogP contribution is 2.38. The summed E-state index contributed by atoms with van der Waals surface area (Å²) in [6, 6.07) is 20.3. The fourth-order valence-corrected chi connectivity index (χ4v) is 11.7. The zero-order valence-corrected chi connectivity index (χ0v) is 36.3. The van der Waals surface area contributed by atoms with Gasteiger partial charge in [0.15, 0.2) is 0 Å². The van der Waals surface area contributed by atoms with E-state index in [0.29, 0.717) is 49.0 Å². The molecular weight excluding hydrogens is 901 g/mol. The summed E-state index contributed by atoms with van der Waals surface area (Å²) in [5, 5.41) is 5.24. The molecule has 4 saturated heterocycles. The van der Waals surface area contributed by atoms with Crippen LogP contribution < -0.4 is 15.4 Å². The molecule has 5 aliphatic rings. The highest BCUT2D eigenvalue weighted by molar-refractivity contribution is 7.99. The number of nitrogens with one attached hydrogen (secondary N) is 3. The van der Waals surface area contributed by atoms with E-state index >= 15 is 4.39 Å². The van der Waals surface area contributed by atoms with Gasteiger partial charge in [0.2, 0.25) is 11.8 Å². The first kappa shape index (κ1) is 45.2. The first-order valence-corrected chi connectivity index (χ1v) is 24.3. The van der Waals surface area contributed by atoms with Crippen LogP contribution in [-0.2, 0) is 42.5 Å². The largest absolute Gasteiger partial charge is 0.501 e. The molecule has 4 amide bonds. The number of carbonyl (C=O) groups is 4. The fourth-order valence-electron chi connectivity index (χ4n) is 8.67. The number of benzene rings is 4. The predicted octanol–water partition coefficient (Wildman–Crippen LogP) is 4.92. The molecule has 0 radical (unpaired) electrons. The average Bonchev–Trinajstić information content (AvgIpc) is 3.56. The normalized spacial score (nSPS) is 20.9. The summed E-state index contributed by atoms with van der Waals surface area (Å²) in [6.45, 7) is 2.01. The van der Waals surface area contributed by atoms with Crippen LogP contribution in [0, 0.1) is 5.82 Å². The summed E-state index contributed by atoms with van der Waals surface area (Å²) in [7, 11) is -10.9. The van der Waals surface area contributed by atoms with Gasteiger partial charge in [0.1, 0.15) is 16.8 Å². The summed E-state index contributed by atoms with van der Waals surface area (Å²) in [4.78, 5) is 54.4. The molecule has 5 aliphatic heterocycles. The Bertz CT molecular complexity index is 2700. The number of piperazine rings is 1. The van der Waals surface area contributed by atoms with Crippen LogP contribution in [-0.4, -0.2) is 110 Å². The summed E-state index contributed by atoms with van der Waals surface area (Å²) < 4.78 is 112. The van der Waals surface area contributed by atoms with Crippen LogP contribution in [0.25, 0.3) is 0 Å². The molecule has 64 heavy (non-hydrogen) atoms. The number of thioether (sulfide) groups is 1. The summed E-state index contributed by atoms with van der Waals surface area (Å²) in [5.41, 5.74) is -5.11. The molecule has 3 unspecified atom stereocenters. The maximum atomic E-state index is 15.5. The van der Waals surface area contributed by atoms with Crippen molar-refractivity contribution in [2.75, 3.05) is 30.7 Å². The number of amides is 4. The van der Waals surface area contributed by atoms with Crippen LogP contribution in [0.3, 0.4) is 0 Å². The molecule has 0 aliphatic carbocycles. The van der Waals surface area contributed by atoms with Crippen molar-refractivity contribution in [3.63, 3.8) is 0 Å². The quantitative estimate of drug-likeness (QED) is 0.0833. The Morgan fingerprint density at radius 3 is 2.27 bits per heavy atom. The number of nitrogens with zero attached hydrogens (tertiary/aromatic N) is 3. The summed E-state index contributed by atoms with van der Waals surface area (Å²) >= 11 is 1.40. The standard InChI is InChI=1S/C43H42F4N6O8S3/c44-35-20-34-27(22-53(42(34)57)37-13-14-39(54)49-41(37)56)17-28(35)21-51-23-30-18-31(24-51)52(30)16-15-29(25-62-32-9-5-2-6-10-32)48-36-12-11-33(19-38(36)63(58,59)43(45,46)47)64(60,61)50-40(55)26-7-3-1-4-8-26/h1-12,17,19-20,29-31,37,48H,13-16,18,21-25H2,(H,50,55)(H,49,54,56)/t29-,30?,31?,37?/m1/s1. The van der Waals surface area contributed by atoms with Crippen LogP contribution in [0.1, 0.15) is 57.5 Å². The highest BCUT2D eigenvalue weighted by Gasteiger charge is 2.49. The Morgan fingerprint density at radius 1 is 0.906 bits per heavy atom. The van der Waals surface area contributed by atoms with Gasteiger partial charge in [-0.3, -0.25) is 34.3 Å². The van der Waals surface area contributed by atoms with Crippen LogP contribution in [0.2, 0.25) is 0 Å². The van der Waals surface area contributed by atoms with Crippen LogP contribution >= 0.6 is 11.8 Å². The van der Waals surface area contributed by atoms with Crippen LogP contribution in [0.5, 0.6) is 0 Å². The van der Waals surface area contributed by atoms with Crippen LogP contribution in [0.4, 0.5) is 23.2 Å². The van der Waals surface area contributed by atoms with Crippen LogP contribution in [0.15, 0.2) is 106 Å². The lowest BCUT2D eigenvalue weighted by Crippen LogP contribution is -2.68. The smallest absolute Gasteiger partial charge is 0.380 e. The molecule has 4 aromatic carbocycles. The molecular formula is C43H42F4N6O8S3. The van der Waals surface area contributed by atoms with Crippen molar-refractivity contribution in [2.45, 2.75) is 83.1 Å². The third-order valence-electron chi connectivity index (χ3n) is 11.9. The number of imide groups is 1. The van der Waals surface area contributed by atoms with E-state index in [1.807, 2.05) is 30.3 Å². The molecule has 5 heterocycles. The van der Waals surface area contributed by atoms with E-state index in [9.17, 15) is 49.2 Å². The van der Waals surface area contributed by atoms with Crippen molar-refractivity contribution in [2.24, 2.45) is 0 Å². The van der Waals surface area contributed by atoms with Gasteiger partial charge in [-0.15, -0.1) is 11.8 Å². The van der Waals surface area contributed by atoms with E-state index in [1.165, 1.54) is 47.0 Å². The Hall–Kier alpha value is -5.35. The lowest BCUT2D eigenvalue weighted by molar-refractivity contribution is -0.136. The predicted molar refractivity (Wildman–Crippen MR) is 227 cm³/mol. The Kier molecular flexibility index (Phi) is 12.7. The average molecular weight is 943 g/mol. The Labute approximate surface area is 370 Å². The number of alkyl halides is 3. The number of fused-ring (bicyclic) bond motifs is 3. The minimum atomic E-state index is -6.11. The monoisotopic (exact) mass is 942 g/mol. The molecule has 0 saturated carbocycles. The summed E-state index contributed by atoms with van der Waals surface area (Å²) in [5.74, 6) is -2.74. The molecule has 14 nitrogen and oxygen atoms in total. The number of carbonyl (C=O) groups excluding carboxylic acids is 4. The Balaban J connectivity index is 0.959. The highest BCUT2D eigenvalue weighted by atomic mass is 32.2. The molecule has 3 N–H and O–H groups in total. The van der Waals surface area contributed by atoms with Gasteiger partial charge in [-0.25, -0.2) is 25.9 Å². The topological polar surface area (TPSA) is 182 Å². The molecule has 2 bridgehead atoms. The Morgan fingerprint density at radius 2 is 1.59 bits per heavy atom. The van der Waals surface area contributed by atoms with Crippen molar-refractivity contribution in [1.29, 1.82) is 0 Å². The van der Waals surface area contributed by atoms with Gasteiger partial charge >= 0.3 is 5.51 Å². The molecule has 4 fully saturated rings. The van der Waals surface area contributed by atoms with Crippen molar-refractivity contribution in [3.05, 3.63) is 119 Å².